The molecule has 2 aliphatic rings. The highest BCUT2D eigenvalue weighted by molar-refractivity contribution is 6.05. The summed E-state index contributed by atoms with van der Waals surface area (Å²) in [5.74, 6) is 1.10. The number of likely N-dealkylation sites (tertiary alicyclic amines) is 1. The van der Waals surface area contributed by atoms with Crippen molar-refractivity contribution in [1.29, 1.82) is 0 Å². The molecule has 1 N–H and O–H groups in total. The number of ether oxygens (including phenoxy) is 1. The van der Waals surface area contributed by atoms with Crippen LogP contribution in [0.1, 0.15) is 51.0 Å². The second-order valence-electron chi connectivity index (χ2n) is 6.97. The van der Waals surface area contributed by atoms with Gasteiger partial charge in [0.15, 0.2) is 0 Å². The molecule has 1 amide bonds. The molecule has 25 heavy (non-hydrogen) atoms. The van der Waals surface area contributed by atoms with Gasteiger partial charge in [0.05, 0.1) is 12.3 Å². The van der Waals surface area contributed by atoms with Crippen LogP contribution < -0.4 is 10.2 Å². The minimum atomic E-state index is 0.00394. The molecule has 136 valence electrons. The zero-order valence-electron chi connectivity index (χ0n) is 15.2. The number of benzene rings is 1. The fraction of sp³-hybridized carbons (Fsp3) is 0.600. The zero-order chi connectivity index (χ0) is 17.5. The molecule has 1 saturated heterocycles. The summed E-state index contributed by atoms with van der Waals surface area (Å²) in [5.41, 5.74) is 4.63. The van der Waals surface area contributed by atoms with Gasteiger partial charge in [0, 0.05) is 18.9 Å². The number of nitrogens with one attached hydrogen (secondary N) is 1. The number of hydrazone groups is 1. The van der Waals surface area contributed by atoms with Crippen LogP contribution in [0.2, 0.25) is 0 Å². The molecule has 1 aromatic carbocycles. The molecule has 1 atom stereocenters. The van der Waals surface area contributed by atoms with E-state index in [2.05, 4.69) is 22.4 Å². The van der Waals surface area contributed by atoms with E-state index in [4.69, 9.17) is 4.74 Å². The summed E-state index contributed by atoms with van der Waals surface area (Å²) in [6.07, 6.45) is 6.56. The molecule has 0 saturated carbocycles. The first-order chi connectivity index (χ1) is 12.3. The molecule has 2 heterocycles. The highest BCUT2D eigenvalue weighted by Crippen LogP contribution is 2.22. The summed E-state index contributed by atoms with van der Waals surface area (Å²) in [6, 6.07) is 8.08. The zero-order valence-corrected chi connectivity index (χ0v) is 15.2. The fourth-order valence-electron chi connectivity index (χ4n) is 3.60. The Morgan fingerprint density at radius 2 is 1.96 bits per heavy atom. The van der Waals surface area contributed by atoms with E-state index in [0.29, 0.717) is 6.42 Å². The lowest BCUT2D eigenvalue weighted by atomic mass is 9.90. The van der Waals surface area contributed by atoms with Crippen molar-refractivity contribution in [2.45, 2.75) is 45.4 Å². The molecule has 3 rings (SSSR count). The lowest BCUT2D eigenvalue weighted by molar-refractivity contribution is -0.122. The molecule has 5 heteroatoms. The lowest BCUT2D eigenvalue weighted by Crippen LogP contribution is -2.33. The number of rotatable bonds is 7. The van der Waals surface area contributed by atoms with Gasteiger partial charge in [-0.1, -0.05) is 13.3 Å². The van der Waals surface area contributed by atoms with Gasteiger partial charge >= 0.3 is 0 Å². The van der Waals surface area contributed by atoms with Crippen LogP contribution in [0.3, 0.4) is 0 Å². The summed E-state index contributed by atoms with van der Waals surface area (Å²) in [6.45, 7) is 6.47. The average Bonchev–Trinajstić information content (AvgIpc) is 2.66. The van der Waals surface area contributed by atoms with Crippen LogP contribution in [-0.4, -0.2) is 42.8 Å². The third-order valence-corrected chi connectivity index (χ3v) is 5.10. The van der Waals surface area contributed by atoms with Gasteiger partial charge in [-0.25, -0.2) is 5.43 Å². The summed E-state index contributed by atoms with van der Waals surface area (Å²) in [4.78, 5) is 14.0. The number of nitrogens with zero attached hydrogens (tertiary/aromatic N) is 2. The third kappa shape index (κ3) is 5.05. The van der Waals surface area contributed by atoms with E-state index in [-0.39, 0.29) is 11.8 Å². The van der Waals surface area contributed by atoms with E-state index >= 15 is 0 Å². The normalized spacial score (nSPS) is 21.6. The second-order valence-corrected chi connectivity index (χ2v) is 6.97. The van der Waals surface area contributed by atoms with Crippen LogP contribution in [0.5, 0.6) is 5.75 Å². The van der Waals surface area contributed by atoms with E-state index in [1.165, 1.54) is 32.4 Å². The Balaban J connectivity index is 1.47. The Kier molecular flexibility index (Phi) is 6.45. The Labute approximate surface area is 150 Å². The first-order valence-corrected chi connectivity index (χ1v) is 9.58. The summed E-state index contributed by atoms with van der Waals surface area (Å²) >= 11 is 0. The lowest BCUT2D eigenvalue weighted by Gasteiger charge is -2.26. The molecule has 1 fully saturated rings. The SMILES string of the molecule is CCC1CC(=O)NN=C1c1ccc(OCCCN2CCCCC2)cc1. The molecule has 1 unspecified atom stereocenters. The van der Waals surface area contributed by atoms with Crippen LogP contribution in [-0.2, 0) is 4.79 Å². The molecule has 1 aromatic rings. The number of hydrogen-bond donors (Lipinski definition) is 1. The highest BCUT2D eigenvalue weighted by atomic mass is 16.5. The molecular weight excluding hydrogens is 314 g/mol. The topological polar surface area (TPSA) is 53.9 Å². The van der Waals surface area contributed by atoms with Crippen molar-refractivity contribution < 1.29 is 9.53 Å². The van der Waals surface area contributed by atoms with Crippen molar-refractivity contribution in [2.24, 2.45) is 11.0 Å². The van der Waals surface area contributed by atoms with Gasteiger partial charge in [-0.05, 0) is 68.6 Å². The van der Waals surface area contributed by atoms with Crippen molar-refractivity contribution in [3.63, 3.8) is 0 Å². The minimum Gasteiger partial charge on any atom is -0.494 e. The van der Waals surface area contributed by atoms with Gasteiger partial charge < -0.3 is 9.64 Å². The predicted octanol–water partition coefficient (Wildman–Crippen LogP) is 3.19. The third-order valence-electron chi connectivity index (χ3n) is 5.10. The number of hydrogen-bond acceptors (Lipinski definition) is 4. The minimum absolute atomic E-state index is 0.00394. The van der Waals surface area contributed by atoms with Gasteiger partial charge in [0.25, 0.3) is 0 Å². The largest absolute Gasteiger partial charge is 0.494 e. The molecule has 0 bridgehead atoms. The molecule has 0 aromatic heterocycles. The maximum Gasteiger partial charge on any atom is 0.240 e. The average molecular weight is 343 g/mol. The number of carbonyl (C=O) groups excluding carboxylic acids is 1. The van der Waals surface area contributed by atoms with Gasteiger partial charge in [-0.15, -0.1) is 0 Å². The van der Waals surface area contributed by atoms with Crippen molar-refractivity contribution in [1.82, 2.24) is 10.3 Å². The monoisotopic (exact) mass is 343 g/mol. The summed E-state index contributed by atoms with van der Waals surface area (Å²) < 4.78 is 5.87. The Morgan fingerprint density at radius 3 is 2.68 bits per heavy atom. The Morgan fingerprint density at radius 1 is 1.20 bits per heavy atom. The van der Waals surface area contributed by atoms with Crippen LogP contribution in [0.4, 0.5) is 0 Å². The molecule has 0 radical (unpaired) electrons. The van der Waals surface area contributed by atoms with E-state index in [9.17, 15) is 4.79 Å². The summed E-state index contributed by atoms with van der Waals surface area (Å²) in [5, 5.41) is 4.26. The van der Waals surface area contributed by atoms with Crippen LogP contribution in [0, 0.1) is 5.92 Å². The molecule has 0 spiro atoms. The number of carbonyl (C=O) groups is 1. The van der Waals surface area contributed by atoms with E-state index < -0.39 is 0 Å². The van der Waals surface area contributed by atoms with Crippen molar-refractivity contribution >= 4 is 11.6 Å². The van der Waals surface area contributed by atoms with E-state index in [1.54, 1.807) is 0 Å². The molecule has 0 aliphatic carbocycles. The quantitative estimate of drug-likeness (QED) is 0.774. The maximum atomic E-state index is 11.5. The van der Waals surface area contributed by atoms with Crippen LogP contribution in [0.25, 0.3) is 0 Å². The first kappa shape index (κ1) is 17.9. The molecule has 2 aliphatic heterocycles. The molecule has 5 nitrogen and oxygen atoms in total. The maximum absolute atomic E-state index is 11.5. The predicted molar refractivity (Wildman–Crippen MR) is 99.9 cm³/mol. The molecular formula is C20H29N3O2. The van der Waals surface area contributed by atoms with E-state index in [0.717, 1.165) is 43.0 Å². The smallest absolute Gasteiger partial charge is 0.240 e. The Hall–Kier alpha value is -1.88. The number of piperidine rings is 1. The fourth-order valence-corrected chi connectivity index (χ4v) is 3.60. The second kappa shape index (κ2) is 8.99. The highest BCUT2D eigenvalue weighted by Gasteiger charge is 2.23. The van der Waals surface area contributed by atoms with Crippen molar-refractivity contribution in [3.05, 3.63) is 29.8 Å². The number of amides is 1. The van der Waals surface area contributed by atoms with Gasteiger partial charge in [-0.2, -0.15) is 5.10 Å². The van der Waals surface area contributed by atoms with Gasteiger partial charge in [0.1, 0.15) is 5.75 Å². The van der Waals surface area contributed by atoms with Crippen LogP contribution >= 0.6 is 0 Å². The van der Waals surface area contributed by atoms with Crippen molar-refractivity contribution in [2.75, 3.05) is 26.2 Å². The van der Waals surface area contributed by atoms with Crippen LogP contribution in [0.15, 0.2) is 29.4 Å². The summed E-state index contributed by atoms with van der Waals surface area (Å²) in [7, 11) is 0. The van der Waals surface area contributed by atoms with E-state index in [1.807, 2.05) is 24.3 Å². The van der Waals surface area contributed by atoms with Crippen molar-refractivity contribution in [3.8, 4) is 5.75 Å². The van der Waals surface area contributed by atoms with Gasteiger partial charge in [0.2, 0.25) is 5.91 Å². The first-order valence-electron chi connectivity index (χ1n) is 9.58. The Bertz CT molecular complexity index is 591. The van der Waals surface area contributed by atoms with Gasteiger partial charge in [-0.3, -0.25) is 4.79 Å². The standard InChI is InChI=1S/C20H29N3O2/c1-2-16-15-19(24)21-22-20(16)17-7-9-18(10-8-17)25-14-6-13-23-11-4-3-5-12-23/h7-10,16H,2-6,11-15H2,1H3,(H,21,24).